The van der Waals surface area contributed by atoms with Crippen molar-refractivity contribution >= 4 is 17.6 Å². The first-order valence-corrected chi connectivity index (χ1v) is 6.93. The van der Waals surface area contributed by atoms with Gasteiger partial charge in [0.2, 0.25) is 0 Å². The van der Waals surface area contributed by atoms with Gasteiger partial charge in [-0.15, -0.1) is 0 Å². The molecule has 0 saturated carbocycles. The lowest BCUT2D eigenvalue weighted by Gasteiger charge is -2.17. The third-order valence-electron chi connectivity index (χ3n) is 3.56. The number of allylic oxidation sites excluding steroid dienone is 1. The fraction of sp³-hybridized carbons (Fsp3) is 0.353. The van der Waals surface area contributed by atoms with Gasteiger partial charge in [-0.05, 0) is 55.1 Å². The molecule has 0 unspecified atom stereocenters. The third-order valence-corrected chi connectivity index (χ3v) is 3.56. The molecule has 0 amide bonds. The van der Waals surface area contributed by atoms with Gasteiger partial charge < -0.3 is 10.1 Å². The topological polar surface area (TPSA) is 38.3 Å². The first-order chi connectivity index (χ1) is 9.67. The maximum atomic E-state index is 12.0. The first-order valence-electron chi connectivity index (χ1n) is 6.93. The van der Waals surface area contributed by atoms with Crippen molar-refractivity contribution in [3.63, 3.8) is 0 Å². The Labute approximate surface area is 120 Å². The average molecular weight is 271 g/mol. The predicted molar refractivity (Wildman–Crippen MR) is 82.7 cm³/mol. The maximum Gasteiger partial charge on any atom is 0.338 e. The summed E-state index contributed by atoms with van der Waals surface area (Å²) in [7, 11) is 1.42. The summed E-state index contributed by atoms with van der Waals surface area (Å²) in [5.74, 6) is -0.280. The Morgan fingerprint density at radius 1 is 1.40 bits per heavy atom. The number of carbonyl (C=O) groups excluding carboxylic acids is 1. The molecule has 1 aliphatic heterocycles. The van der Waals surface area contributed by atoms with Gasteiger partial charge >= 0.3 is 5.97 Å². The number of carbonyl (C=O) groups is 1. The molecule has 0 saturated heterocycles. The number of rotatable bonds is 3. The molecule has 3 nitrogen and oxygen atoms in total. The van der Waals surface area contributed by atoms with Gasteiger partial charge in [-0.2, -0.15) is 0 Å². The monoisotopic (exact) mass is 271 g/mol. The largest absolute Gasteiger partial charge is 0.465 e. The minimum atomic E-state index is -0.280. The molecule has 0 fully saturated rings. The Balaban J connectivity index is 2.54. The lowest BCUT2D eigenvalue weighted by molar-refractivity contribution is 0.0600. The van der Waals surface area contributed by atoms with Crippen molar-refractivity contribution < 1.29 is 9.53 Å². The zero-order chi connectivity index (χ0) is 14.5. The smallest absolute Gasteiger partial charge is 0.338 e. The summed E-state index contributed by atoms with van der Waals surface area (Å²) in [5, 5.41) is 3.30. The zero-order valence-corrected chi connectivity index (χ0v) is 12.3. The van der Waals surface area contributed by atoms with Crippen molar-refractivity contribution in [2.24, 2.45) is 0 Å². The van der Waals surface area contributed by atoms with E-state index in [1.54, 1.807) is 0 Å². The molecule has 1 heterocycles. The molecule has 2 rings (SSSR count). The van der Waals surface area contributed by atoms with Crippen LogP contribution in [0.2, 0.25) is 0 Å². The summed E-state index contributed by atoms with van der Waals surface area (Å²) in [6.07, 6.45) is 7.08. The SMILES string of the molecule is C/C=C\c1c(C)cc(C2=CCNCC2)cc1C(=O)OC. The van der Waals surface area contributed by atoms with Crippen LogP contribution in [0.25, 0.3) is 11.6 Å². The number of benzene rings is 1. The second-order valence-electron chi connectivity index (χ2n) is 4.93. The van der Waals surface area contributed by atoms with Gasteiger partial charge in [-0.3, -0.25) is 0 Å². The van der Waals surface area contributed by atoms with Crippen LogP contribution < -0.4 is 5.32 Å². The molecule has 106 valence electrons. The number of hydrogen-bond donors (Lipinski definition) is 1. The Hall–Kier alpha value is -1.87. The molecule has 0 aromatic heterocycles. The van der Waals surface area contributed by atoms with Gasteiger partial charge in [0.1, 0.15) is 0 Å². The van der Waals surface area contributed by atoms with Crippen molar-refractivity contribution in [3.05, 3.63) is 46.5 Å². The molecule has 1 N–H and O–H groups in total. The quantitative estimate of drug-likeness (QED) is 0.858. The normalized spacial score (nSPS) is 15.2. The van der Waals surface area contributed by atoms with E-state index in [1.165, 1.54) is 12.7 Å². The molecule has 0 atom stereocenters. The van der Waals surface area contributed by atoms with Crippen LogP contribution in [0, 0.1) is 6.92 Å². The summed E-state index contributed by atoms with van der Waals surface area (Å²) in [6.45, 7) is 5.85. The molecular formula is C17H21NO2. The maximum absolute atomic E-state index is 12.0. The first kappa shape index (κ1) is 14.5. The van der Waals surface area contributed by atoms with E-state index in [1.807, 2.05) is 32.1 Å². The average Bonchev–Trinajstić information content (AvgIpc) is 2.49. The minimum absolute atomic E-state index is 0.280. The van der Waals surface area contributed by atoms with Gasteiger partial charge in [-0.25, -0.2) is 4.79 Å². The molecule has 0 radical (unpaired) electrons. The summed E-state index contributed by atoms with van der Waals surface area (Å²) in [6, 6.07) is 4.10. The molecular weight excluding hydrogens is 250 g/mol. The lowest BCUT2D eigenvalue weighted by Crippen LogP contribution is -2.20. The summed E-state index contributed by atoms with van der Waals surface area (Å²) < 4.78 is 4.92. The summed E-state index contributed by atoms with van der Waals surface area (Å²) in [4.78, 5) is 12.0. The van der Waals surface area contributed by atoms with Crippen LogP contribution in [0.1, 0.15) is 40.4 Å². The molecule has 1 aromatic carbocycles. The van der Waals surface area contributed by atoms with Crippen LogP contribution in [0.15, 0.2) is 24.3 Å². The highest BCUT2D eigenvalue weighted by molar-refractivity contribution is 5.95. The fourth-order valence-corrected chi connectivity index (χ4v) is 2.54. The number of nitrogens with one attached hydrogen (secondary N) is 1. The summed E-state index contributed by atoms with van der Waals surface area (Å²) in [5.41, 5.74) is 5.10. The van der Waals surface area contributed by atoms with E-state index < -0.39 is 0 Å². The van der Waals surface area contributed by atoms with E-state index in [4.69, 9.17) is 4.74 Å². The van der Waals surface area contributed by atoms with Crippen molar-refractivity contribution in [3.8, 4) is 0 Å². The number of ether oxygens (including phenoxy) is 1. The van der Waals surface area contributed by atoms with Crippen molar-refractivity contribution in [2.75, 3.05) is 20.2 Å². The molecule has 3 heteroatoms. The van der Waals surface area contributed by atoms with E-state index in [0.717, 1.165) is 36.2 Å². The second-order valence-corrected chi connectivity index (χ2v) is 4.93. The van der Waals surface area contributed by atoms with Crippen LogP contribution >= 0.6 is 0 Å². The van der Waals surface area contributed by atoms with Gasteiger partial charge in [0.25, 0.3) is 0 Å². The van der Waals surface area contributed by atoms with E-state index in [2.05, 4.69) is 17.5 Å². The van der Waals surface area contributed by atoms with Crippen LogP contribution in [-0.4, -0.2) is 26.2 Å². The minimum Gasteiger partial charge on any atom is -0.465 e. The molecule has 0 aliphatic carbocycles. The van der Waals surface area contributed by atoms with Gasteiger partial charge in [-0.1, -0.05) is 24.3 Å². The fourth-order valence-electron chi connectivity index (χ4n) is 2.54. The molecule has 0 spiro atoms. The van der Waals surface area contributed by atoms with Gasteiger partial charge in [0.15, 0.2) is 0 Å². The highest BCUT2D eigenvalue weighted by Crippen LogP contribution is 2.26. The molecule has 1 aliphatic rings. The lowest BCUT2D eigenvalue weighted by atomic mass is 9.92. The van der Waals surface area contributed by atoms with Gasteiger partial charge in [0, 0.05) is 6.54 Å². The Kier molecular flexibility index (Phi) is 4.74. The van der Waals surface area contributed by atoms with E-state index in [9.17, 15) is 4.79 Å². The Morgan fingerprint density at radius 2 is 2.20 bits per heavy atom. The molecule has 20 heavy (non-hydrogen) atoms. The third kappa shape index (κ3) is 2.99. The number of hydrogen-bond acceptors (Lipinski definition) is 3. The number of esters is 1. The molecule has 1 aromatic rings. The standard InChI is InChI=1S/C17H21NO2/c1-4-5-15-12(2)10-14(11-16(15)17(19)20-3)13-6-8-18-9-7-13/h4-6,10-11,18H,7-9H2,1-3H3/b5-4-. The van der Waals surface area contributed by atoms with Crippen LogP contribution in [-0.2, 0) is 4.74 Å². The second kappa shape index (κ2) is 6.53. The highest BCUT2D eigenvalue weighted by Gasteiger charge is 2.16. The van der Waals surface area contributed by atoms with E-state index >= 15 is 0 Å². The van der Waals surface area contributed by atoms with Crippen LogP contribution in [0.4, 0.5) is 0 Å². The van der Waals surface area contributed by atoms with E-state index in [-0.39, 0.29) is 5.97 Å². The Morgan fingerprint density at radius 3 is 2.80 bits per heavy atom. The van der Waals surface area contributed by atoms with Crippen molar-refractivity contribution in [1.82, 2.24) is 5.32 Å². The van der Waals surface area contributed by atoms with Crippen LogP contribution in [0.3, 0.4) is 0 Å². The molecule has 0 bridgehead atoms. The predicted octanol–water partition coefficient (Wildman–Crippen LogP) is 3.19. The number of methoxy groups -OCH3 is 1. The van der Waals surface area contributed by atoms with Crippen molar-refractivity contribution in [2.45, 2.75) is 20.3 Å². The zero-order valence-electron chi connectivity index (χ0n) is 12.3. The van der Waals surface area contributed by atoms with Crippen molar-refractivity contribution in [1.29, 1.82) is 0 Å². The highest BCUT2D eigenvalue weighted by atomic mass is 16.5. The Bertz CT molecular complexity index is 571. The van der Waals surface area contributed by atoms with Crippen LogP contribution in [0.5, 0.6) is 0 Å². The van der Waals surface area contributed by atoms with Gasteiger partial charge in [0.05, 0.1) is 12.7 Å². The summed E-state index contributed by atoms with van der Waals surface area (Å²) >= 11 is 0. The number of aryl methyl sites for hydroxylation is 1. The van der Waals surface area contributed by atoms with E-state index in [0.29, 0.717) is 5.56 Å².